The molecule has 2 aromatic carbocycles. The van der Waals surface area contributed by atoms with Crippen LogP contribution in [0.15, 0.2) is 42.5 Å². The topological polar surface area (TPSA) is 127 Å². The summed E-state index contributed by atoms with van der Waals surface area (Å²) in [7, 11) is -0.0176. The molecule has 3 rings (SSSR count). The molecular formula is C24H26Cl2N4O6S2. The van der Waals surface area contributed by atoms with E-state index in [2.05, 4.69) is 4.98 Å². The van der Waals surface area contributed by atoms with Crippen molar-refractivity contribution in [2.45, 2.75) is 19.4 Å². The Morgan fingerprint density at radius 3 is 2.29 bits per heavy atom. The van der Waals surface area contributed by atoms with Crippen LogP contribution in [-0.2, 0) is 23.2 Å². The highest BCUT2D eigenvalue weighted by Gasteiger charge is 2.25. The molecule has 14 heteroatoms. The summed E-state index contributed by atoms with van der Waals surface area (Å²) in [6.07, 6.45) is 1.37. The molecule has 0 unspecified atom stereocenters. The fraction of sp³-hybridized carbons (Fsp3) is 0.292. The van der Waals surface area contributed by atoms with E-state index in [1.54, 1.807) is 4.90 Å². The Morgan fingerprint density at radius 1 is 1.08 bits per heavy atom. The lowest BCUT2D eigenvalue weighted by molar-refractivity contribution is 0.0740. The van der Waals surface area contributed by atoms with E-state index in [9.17, 15) is 18.0 Å². The number of aromatic nitrogens is 1. The Balaban J connectivity index is 1.88. The minimum atomic E-state index is -4.04. The molecule has 0 spiro atoms. The number of rotatable bonds is 12. The Morgan fingerprint density at radius 2 is 1.71 bits per heavy atom. The fourth-order valence-electron chi connectivity index (χ4n) is 3.48. The maximum atomic E-state index is 13.6. The number of nitrogens with one attached hydrogen (secondary N) is 2. The van der Waals surface area contributed by atoms with Crippen LogP contribution in [0.1, 0.15) is 37.8 Å². The van der Waals surface area contributed by atoms with Gasteiger partial charge in [-0.05, 0) is 30.5 Å². The van der Waals surface area contributed by atoms with Crippen molar-refractivity contribution in [1.29, 1.82) is 0 Å². The van der Waals surface area contributed by atoms with Crippen molar-refractivity contribution in [3.8, 4) is 11.5 Å². The van der Waals surface area contributed by atoms with Crippen molar-refractivity contribution in [1.82, 2.24) is 19.3 Å². The second-order valence-corrected chi connectivity index (χ2v) is 11.6. The van der Waals surface area contributed by atoms with Crippen LogP contribution in [0.3, 0.4) is 0 Å². The minimum absolute atomic E-state index is 0.00433. The van der Waals surface area contributed by atoms with Gasteiger partial charge in [0, 0.05) is 19.2 Å². The Labute approximate surface area is 235 Å². The zero-order valence-corrected chi connectivity index (χ0v) is 23.9. The highest BCUT2D eigenvalue weighted by Crippen LogP contribution is 2.36. The minimum Gasteiger partial charge on any atom is -0.495 e. The molecule has 2 N–H and O–H groups in total. The lowest BCUT2D eigenvalue weighted by atomic mass is 10.1. The van der Waals surface area contributed by atoms with Crippen LogP contribution in [-0.4, -0.2) is 57.9 Å². The van der Waals surface area contributed by atoms with E-state index >= 15 is 0 Å². The maximum Gasteiger partial charge on any atom is 0.301 e. The first-order valence-corrected chi connectivity index (χ1v) is 14.3. The Hall–Kier alpha value is -2.90. The molecule has 0 saturated heterocycles. The summed E-state index contributed by atoms with van der Waals surface area (Å²) in [5.41, 5.74) is 1.15. The average Bonchev–Trinajstić information content (AvgIpc) is 3.28. The number of hydrogen-bond donors (Lipinski definition) is 2. The molecule has 0 atom stereocenters. The number of carbonyl (C=O) groups excluding carboxylic acids is 2. The summed E-state index contributed by atoms with van der Waals surface area (Å²) in [5, 5.41) is 0.587. The predicted molar refractivity (Wildman–Crippen MR) is 147 cm³/mol. The number of hydrogen-bond acceptors (Lipinski definition) is 8. The van der Waals surface area contributed by atoms with Crippen molar-refractivity contribution < 1.29 is 27.5 Å². The van der Waals surface area contributed by atoms with Crippen LogP contribution in [0.2, 0.25) is 9.36 Å². The molecule has 0 fully saturated rings. The maximum absolute atomic E-state index is 13.6. The van der Waals surface area contributed by atoms with E-state index in [1.807, 2.05) is 39.8 Å². The molecule has 0 saturated carbocycles. The van der Waals surface area contributed by atoms with E-state index < -0.39 is 16.1 Å². The lowest BCUT2D eigenvalue weighted by Gasteiger charge is -2.23. The monoisotopic (exact) mass is 600 g/mol. The van der Waals surface area contributed by atoms with Crippen LogP contribution in [0.4, 0.5) is 0 Å². The van der Waals surface area contributed by atoms with Crippen LogP contribution < -0.4 is 18.9 Å². The second-order valence-electron chi connectivity index (χ2n) is 7.88. The molecule has 3 aromatic rings. The Kier molecular flexibility index (Phi) is 10.3. The molecule has 1 aromatic heterocycles. The third-order valence-corrected chi connectivity index (χ3v) is 7.99. The molecular weight excluding hydrogens is 575 g/mol. The number of thiazole rings is 1. The van der Waals surface area contributed by atoms with Crippen molar-refractivity contribution >= 4 is 56.6 Å². The summed E-state index contributed by atoms with van der Waals surface area (Å²) in [6, 6.07) is 12.9. The van der Waals surface area contributed by atoms with E-state index in [0.29, 0.717) is 18.0 Å². The molecule has 0 radical (unpaired) electrons. The molecule has 0 aliphatic heterocycles. The number of amides is 2. The molecule has 38 heavy (non-hydrogen) atoms. The first kappa shape index (κ1) is 29.7. The van der Waals surface area contributed by atoms with Crippen LogP contribution in [0.25, 0.3) is 0 Å². The molecule has 1 heterocycles. The van der Waals surface area contributed by atoms with Gasteiger partial charge in [-0.1, -0.05) is 53.5 Å². The third-order valence-electron chi connectivity index (χ3n) is 5.38. The molecule has 0 aliphatic rings. The molecule has 2 amide bonds. The van der Waals surface area contributed by atoms with Gasteiger partial charge in [0.2, 0.25) is 0 Å². The number of methoxy groups -OCH3 is 2. The number of aryl methyl sites for hydroxylation is 1. The molecule has 0 bridgehead atoms. The molecule has 0 aliphatic carbocycles. The summed E-state index contributed by atoms with van der Waals surface area (Å²) in [6.45, 7) is 0.380. The van der Waals surface area contributed by atoms with Gasteiger partial charge in [0.15, 0.2) is 5.69 Å². The van der Waals surface area contributed by atoms with Crippen LogP contribution >= 0.6 is 34.5 Å². The number of nitrogens with zero attached hydrogens (tertiary/aromatic N) is 2. The van der Waals surface area contributed by atoms with Crippen LogP contribution in [0.5, 0.6) is 11.5 Å². The number of ether oxygens (including phenoxy) is 2. The van der Waals surface area contributed by atoms with E-state index in [1.165, 1.54) is 26.4 Å². The highest BCUT2D eigenvalue weighted by atomic mass is 35.5. The fourth-order valence-corrected chi connectivity index (χ4v) is 5.38. The van der Waals surface area contributed by atoms with Crippen molar-refractivity contribution in [3.63, 3.8) is 0 Å². The lowest BCUT2D eigenvalue weighted by Crippen LogP contribution is -2.38. The largest absolute Gasteiger partial charge is 0.495 e. The first-order chi connectivity index (χ1) is 18.1. The summed E-state index contributed by atoms with van der Waals surface area (Å²) < 4.78 is 37.8. The van der Waals surface area contributed by atoms with Gasteiger partial charge in [-0.15, -0.1) is 11.3 Å². The number of carbonyl (C=O) groups is 2. The first-order valence-electron chi connectivity index (χ1n) is 11.2. The van der Waals surface area contributed by atoms with Crippen molar-refractivity contribution in [2.75, 3.05) is 27.8 Å². The van der Waals surface area contributed by atoms with Gasteiger partial charge in [-0.25, -0.2) is 14.4 Å². The van der Waals surface area contributed by atoms with Gasteiger partial charge in [-0.3, -0.25) is 9.59 Å². The summed E-state index contributed by atoms with van der Waals surface area (Å²) >= 11 is 13.4. The van der Waals surface area contributed by atoms with Gasteiger partial charge in [0.05, 0.1) is 20.8 Å². The van der Waals surface area contributed by atoms with Gasteiger partial charge in [-0.2, -0.15) is 8.42 Å². The van der Waals surface area contributed by atoms with Gasteiger partial charge in [0.25, 0.3) is 11.8 Å². The normalized spacial score (nSPS) is 11.2. The standard InChI is InChI=1S/C24H26Cl2N4O6S2/c1-27-38(33,34)29-23(31)21-22(26)37-19(28-21)14-30(11-7-10-15-8-5-4-6-9-15)24(32)16-12-17(35-2)20(25)18(13-16)36-3/h4-6,8-9,12-13,27H,7,10-11,14H2,1-3H3,(H,29,31). The smallest absolute Gasteiger partial charge is 0.301 e. The quantitative estimate of drug-likeness (QED) is 0.322. The summed E-state index contributed by atoms with van der Waals surface area (Å²) in [4.78, 5) is 31.8. The third kappa shape index (κ3) is 7.58. The van der Waals surface area contributed by atoms with E-state index in [-0.39, 0.29) is 44.6 Å². The molecule has 10 nitrogen and oxygen atoms in total. The second kappa shape index (κ2) is 13.3. The molecule has 204 valence electrons. The Bertz CT molecular complexity index is 1380. The van der Waals surface area contributed by atoms with Gasteiger partial charge < -0.3 is 14.4 Å². The number of halogens is 2. The van der Waals surface area contributed by atoms with Gasteiger partial charge >= 0.3 is 10.2 Å². The van der Waals surface area contributed by atoms with Crippen molar-refractivity contribution in [3.05, 3.63) is 73.7 Å². The van der Waals surface area contributed by atoms with Gasteiger partial charge in [0.1, 0.15) is 25.9 Å². The average molecular weight is 602 g/mol. The van der Waals surface area contributed by atoms with Crippen molar-refractivity contribution in [2.24, 2.45) is 0 Å². The van der Waals surface area contributed by atoms with E-state index in [4.69, 9.17) is 32.7 Å². The van der Waals surface area contributed by atoms with E-state index in [0.717, 1.165) is 30.4 Å². The summed E-state index contributed by atoms with van der Waals surface area (Å²) in [5.74, 6) is -0.774. The zero-order valence-electron chi connectivity index (χ0n) is 20.8. The van der Waals surface area contributed by atoms with Crippen LogP contribution in [0, 0.1) is 0 Å². The SMILES string of the molecule is CNS(=O)(=O)NC(=O)c1nc(CN(CCCc2ccccc2)C(=O)c2cc(OC)c(Cl)c(OC)c2)sc1Cl. The number of benzene rings is 2. The zero-order chi connectivity index (χ0) is 27.9. The predicted octanol–water partition coefficient (Wildman–Crippen LogP) is 3.94. The highest BCUT2D eigenvalue weighted by molar-refractivity contribution is 7.88.